The summed E-state index contributed by atoms with van der Waals surface area (Å²) in [6, 6.07) is 1.04. The fourth-order valence-corrected chi connectivity index (χ4v) is 1.30. The van der Waals surface area contributed by atoms with Gasteiger partial charge in [0.2, 0.25) is 0 Å². The summed E-state index contributed by atoms with van der Waals surface area (Å²) in [7, 11) is 0. The minimum absolute atomic E-state index is 0.310. The Morgan fingerprint density at radius 1 is 1.19 bits per heavy atom. The van der Waals surface area contributed by atoms with Gasteiger partial charge >= 0.3 is 6.98 Å². The molecule has 3 nitrogen and oxygen atoms in total. The van der Waals surface area contributed by atoms with Gasteiger partial charge in [-0.3, -0.25) is 4.98 Å². The van der Waals surface area contributed by atoms with E-state index in [-0.39, 0.29) is 0 Å². The van der Waals surface area contributed by atoms with Crippen LogP contribution in [-0.4, -0.2) is 21.7 Å². The standard InChI is InChI=1S/C9H8BF3N3/c1-7-3-15-16(6-7)9-2-8(4-14-5-9)10(11,12)13/h2-6H,1H3/q-1. The first-order valence-corrected chi connectivity index (χ1v) is 4.63. The van der Waals surface area contributed by atoms with E-state index in [1.54, 1.807) is 12.4 Å². The minimum Gasteiger partial charge on any atom is -0.445 e. The van der Waals surface area contributed by atoms with Gasteiger partial charge in [0.25, 0.3) is 0 Å². The summed E-state index contributed by atoms with van der Waals surface area (Å²) in [5.74, 6) is 0. The Morgan fingerprint density at radius 2 is 1.94 bits per heavy atom. The molecule has 2 heterocycles. The summed E-state index contributed by atoms with van der Waals surface area (Å²) in [4.78, 5) is 3.57. The molecule has 2 aromatic rings. The first-order chi connectivity index (χ1) is 7.47. The predicted molar refractivity (Wildman–Crippen MR) is 54.8 cm³/mol. The number of pyridine rings is 1. The van der Waals surface area contributed by atoms with Crippen molar-refractivity contribution in [2.45, 2.75) is 6.92 Å². The molecule has 2 aromatic heterocycles. The molecule has 0 unspecified atom stereocenters. The van der Waals surface area contributed by atoms with Crippen LogP contribution >= 0.6 is 0 Å². The quantitative estimate of drug-likeness (QED) is 0.728. The summed E-state index contributed by atoms with van der Waals surface area (Å²) in [6.07, 6.45) is 5.38. The van der Waals surface area contributed by atoms with Crippen molar-refractivity contribution in [1.82, 2.24) is 14.8 Å². The van der Waals surface area contributed by atoms with Crippen LogP contribution in [0.25, 0.3) is 5.69 Å². The molecule has 0 amide bonds. The molecule has 0 fully saturated rings. The molecule has 0 aliphatic rings. The molecular weight excluding hydrogens is 218 g/mol. The van der Waals surface area contributed by atoms with Gasteiger partial charge in [0.15, 0.2) is 0 Å². The normalized spacial score (nSPS) is 11.8. The van der Waals surface area contributed by atoms with Gasteiger partial charge in [-0.1, -0.05) is 11.5 Å². The summed E-state index contributed by atoms with van der Waals surface area (Å²) < 4.78 is 38.8. The van der Waals surface area contributed by atoms with Gasteiger partial charge < -0.3 is 12.9 Å². The monoisotopic (exact) mass is 226 g/mol. The van der Waals surface area contributed by atoms with Crippen LogP contribution in [0.2, 0.25) is 0 Å². The highest BCUT2D eigenvalue weighted by Crippen LogP contribution is 2.11. The molecule has 0 radical (unpaired) electrons. The van der Waals surface area contributed by atoms with E-state index in [1.807, 2.05) is 6.92 Å². The van der Waals surface area contributed by atoms with E-state index in [0.717, 1.165) is 17.8 Å². The molecule has 0 aliphatic heterocycles. The van der Waals surface area contributed by atoms with Crippen molar-refractivity contribution in [3.63, 3.8) is 0 Å². The van der Waals surface area contributed by atoms with Gasteiger partial charge in [-0.2, -0.15) is 5.10 Å². The van der Waals surface area contributed by atoms with Gasteiger partial charge in [-0.05, 0) is 12.5 Å². The molecule has 16 heavy (non-hydrogen) atoms. The largest absolute Gasteiger partial charge is 0.511 e. The van der Waals surface area contributed by atoms with Crippen molar-refractivity contribution in [2.75, 3.05) is 0 Å². The van der Waals surface area contributed by atoms with E-state index >= 15 is 0 Å². The van der Waals surface area contributed by atoms with Gasteiger partial charge in [0.05, 0.1) is 18.1 Å². The highest BCUT2D eigenvalue weighted by Gasteiger charge is 2.26. The first-order valence-electron chi connectivity index (χ1n) is 4.63. The van der Waals surface area contributed by atoms with E-state index in [9.17, 15) is 12.9 Å². The molecule has 7 heteroatoms. The average Bonchev–Trinajstić information content (AvgIpc) is 2.64. The van der Waals surface area contributed by atoms with Crippen molar-refractivity contribution in [3.8, 4) is 5.69 Å². The number of halogens is 3. The Kier molecular flexibility index (Phi) is 2.45. The zero-order chi connectivity index (χ0) is 11.8. The van der Waals surface area contributed by atoms with Gasteiger partial charge in [-0.15, -0.1) is 0 Å². The van der Waals surface area contributed by atoms with Gasteiger partial charge in [-0.25, -0.2) is 4.68 Å². The van der Waals surface area contributed by atoms with E-state index < -0.39 is 12.4 Å². The number of aryl methyl sites for hydroxylation is 1. The lowest BCUT2D eigenvalue weighted by Crippen LogP contribution is -2.34. The second-order valence-electron chi connectivity index (χ2n) is 3.51. The fourth-order valence-electron chi connectivity index (χ4n) is 1.30. The average molecular weight is 226 g/mol. The van der Waals surface area contributed by atoms with Crippen LogP contribution in [0.15, 0.2) is 30.9 Å². The number of hydrogen-bond acceptors (Lipinski definition) is 2. The fraction of sp³-hybridized carbons (Fsp3) is 0.111. The van der Waals surface area contributed by atoms with Crippen molar-refractivity contribution >= 4 is 12.4 Å². The molecule has 0 bridgehead atoms. The molecule has 0 N–H and O–H groups in total. The smallest absolute Gasteiger partial charge is 0.445 e. The second kappa shape index (κ2) is 3.66. The van der Waals surface area contributed by atoms with Crippen LogP contribution in [-0.2, 0) is 0 Å². The van der Waals surface area contributed by atoms with E-state index in [2.05, 4.69) is 10.1 Å². The molecule has 0 saturated heterocycles. The van der Waals surface area contributed by atoms with Crippen LogP contribution in [0.1, 0.15) is 5.56 Å². The van der Waals surface area contributed by atoms with Crippen LogP contribution in [0.3, 0.4) is 0 Å². The Balaban J connectivity index is 2.44. The lowest BCUT2D eigenvalue weighted by atomic mass is 9.81. The van der Waals surface area contributed by atoms with E-state index in [4.69, 9.17) is 0 Å². The molecule has 84 valence electrons. The maximum Gasteiger partial charge on any atom is 0.511 e. The lowest BCUT2D eigenvalue weighted by Gasteiger charge is -2.14. The second-order valence-corrected chi connectivity index (χ2v) is 3.51. The molecule has 0 aliphatic carbocycles. The summed E-state index contributed by atoms with van der Waals surface area (Å²) in [6.45, 7) is -3.20. The van der Waals surface area contributed by atoms with Crippen LogP contribution in [0.5, 0.6) is 0 Å². The SMILES string of the molecule is Cc1cnn(-c2cncc([B-](F)(F)F)c2)c1. The zero-order valence-electron chi connectivity index (χ0n) is 8.44. The topological polar surface area (TPSA) is 30.7 Å². The molecule has 0 atom stereocenters. The summed E-state index contributed by atoms with van der Waals surface area (Å²) in [5, 5.41) is 3.93. The maximum absolute atomic E-state index is 12.5. The van der Waals surface area contributed by atoms with Crippen LogP contribution in [0.4, 0.5) is 12.9 Å². The Morgan fingerprint density at radius 3 is 2.50 bits per heavy atom. The van der Waals surface area contributed by atoms with Crippen molar-refractivity contribution < 1.29 is 12.9 Å². The molecule has 0 spiro atoms. The number of rotatable bonds is 2. The lowest BCUT2D eigenvalue weighted by molar-refractivity contribution is 0.500. The third kappa shape index (κ3) is 2.07. The number of hydrogen-bond donors (Lipinski definition) is 0. The van der Waals surface area contributed by atoms with E-state index in [0.29, 0.717) is 5.69 Å². The Labute approximate surface area is 90.0 Å². The summed E-state index contributed by atoms with van der Waals surface area (Å²) in [5.41, 5.74) is 0.471. The van der Waals surface area contributed by atoms with E-state index in [1.165, 1.54) is 10.9 Å². The molecule has 0 saturated carbocycles. The van der Waals surface area contributed by atoms with Crippen molar-refractivity contribution in [3.05, 3.63) is 36.4 Å². The minimum atomic E-state index is -5.02. The van der Waals surface area contributed by atoms with Crippen molar-refractivity contribution in [2.24, 2.45) is 0 Å². The Bertz CT molecular complexity index is 507. The van der Waals surface area contributed by atoms with Crippen molar-refractivity contribution in [1.29, 1.82) is 0 Å². The third-order valence-corrected chi connectivity index (χ3v) is 2.10. The highest BCUT2D eigenvalue weighted by atomic mass is 19.4. The van der Waals surface area contributed by atoms with Gasteiger partial charge in [0, 0.05) is 12.4 Å². The zero-order valence-corrected chi connectivity index (χ0v) is 8.44. The Hall–Kier alpha value is -1.79. The molecule has 0 aromatic carbocycles. The third-order valence-electron chi connectivity index (χ3n) is 2.10. The molecule has 2 rings (SSSR count). The predicted octanol–water partition coefficient (Wildman–Crippen LogP) is 1.63. The van der Waals surface area contributed by atoms with Crippen LogP contribution < -0.4 is 5.46 Å². The van der Waals surface area contributed by atoms with Crippen LogP contribution in [0, 0.1) is 6.92 Å². The number of nitrogens with zero attached hydrogens (tertiary/aromatic N) is 3. The van der Waals surface area contributed by atoms with Gasteiger partial charge in [0.1, 0.15) is 0 Å². The number of aromatic nitrogens is 3. The maximum atomic E-state index is 12.5. The first kappa shape index (κ1) is 10.7. The molecular formula is C9H8BF3N3-. The highest BCUT2D eigenvalue weighted by molar-refractivity contribution is 6.73. The summed E-state index contributed by atoms with van der Waals surface area (Å²) >= 11 is 0.